The third-order valence-corrected chi connectivity index (χ3v) is 7.18. The molecule has 5 rings (SSSR count). The van der Waals surface area contributed by atoms with Crippen molar-refractivity contribution in [2.45, 2.75) is 25.7 Å². The van der Waals surface area contributed by atoms with Gasteiger partial charge < -0.3 is 14.8 Å². The van der Waals surface area contributed by atoms with Crippen LogP contribution in [0.3, 0.4) is 0 Å². The average molecular weight is 432 g/mol. The maximum Gasteiger partial charge on any atom is 0.236 e. The fourth-order valence-electron chi connectivity index (χ4n) is 5.26. The molecule has 2 fully saturated rings. The molecule has 1 N–H and O–H groups in total. The van der Waals surface area contributed by atoms with Crippen LogP contribution in [0.25, 0.3) is 22.0 Å². The van der Waals surface area contributed by atoms with E-state index < -0.39 is 0 Å². The Morgan fingerprint density at radius 3 is 2.66 bits per heavy atom. The standard InChI is InChI=1S/C26H33N5O/c1-19-5-3-7-22-24(20-8-10-27-11-9-20)26(28-25(19)22)21-6-4-12-31(17-21)23(32)18-30-15-13-29(2)14-16-30/h3,5,7-11,21,28H,4,6,12-18H2,1-2H3/t21-/m0/s1. The van der Waals surface area contributed by atoms with Gasteiger partial charge >= 0.3 is 0 Å². The van der Waals surface area contributed by atoms with Gasteiger partial charge in [-0.2, -0.15) is 0 Å². The molecule has 168 valence electrons. The molecule has 4 heterocycles. The number of aryl methyl sites for hydroxylation is 1. The fraction of sp³-hybridized carbons (Fsp3) is 0.462. The van der Waals surface area contributed by atoms with Crippen LogP contribution in [0, 0.1) is 6.92 Å². The molecule has 6 nitrogen and oxygen atoms in total. The van der Waals surface area contributed by atoms with Gasteiger partial charge in [-0.05, 0) is 50.1 Å². The third-order valence-electron chi connectivity index (χ3n) is 7.18. The van der Waals surface area contributed by atoms with Gasteiger partial charge in [0.2, 0.25) is 5.91 Å². The first-order chi connectivity index (χ1) is 15.6. The summed E-state index contributed by atoms with van der Waals surface area (Å²) in [5, 5.41) is 1.26. The SMILES string of the molecule is Cc1cccc2c(-c3ccncc3)c([C@H]3CCCN(C(=O)CN4CCN(C)CC4)C3)[nH]c12. The molecule has 0 radical (unpaired) electrons. The van der Waals surface area contributed by atoms with E-state index >= 15 is 0 Å². The number of hydrogen-bond acceptors (Lipinski definition) is 4. The van der Waals surface area contributed by atoms with Crippen molar-refractivity contribution in [2.75, 3.05) is 52.9 Å². The van der Waals surface area contributed by atoms with E-state index in [1.165, 1.54) is 33.3 Å². The molecule has 3 aromatic rings. The second-order valence-electron chi connectivity index (χ2n) is 9.41. The summed E-state index contributed by atoms with van der Waals surface area (Å²) in [7, 11) is 2.15. The number of amides is 1. The lowest BCUT2D eigenvalue weighted by molar-refractivity contribution is -0.134. The van der Waals surface area contributed by atoms with Gasteiger partial charge in [-0.3, -0.25) is 14.7 Å². The largest absolute Gasteiger partial charge is 0.357 e. The van der Waals surface area contributed by atoms with Crippen LogP contribution < -0.4 is 0 Å². The first-order valence-corrected chi connectivity index (χ1v) is 11.8. The molecule has 0 saturated carbocycles. The number of aromatic amines is 1. The Morgan fingerprint density at radius 2 is 1.88 bits per heavy atom. The monoisotopic (exact) mass is 431 g/mol. The smallest absolute Gasteiger partial charge is 0.236 e. The Kier molecular flexibility index (Phi) is 5.98. The van der Waals surface area contributed by atoms with E-state index in [-0.39, 0.29) is 5.91 Å². The molecular formula is C26H33N5O. The maximum absolute atomic E-state index is 13.2. The van der Waals surface area contributed by atoms with Crippen LogP contribution in [-0.4, -0.2) is 83.4 Å². The Bertz CT molecular complexity index is 1080. The number of aromatic nitrogens is 2. The molecule has 0 unspecified atom stereocenters. The highest BCUT2D eigenvalue weighted by Gasteiger charge is 2.30. The predicted molar refractivity (Wildman–Crippen MR) is 129 cm³/mol. The highest BCUT2D eigenvalue weighted by molar-refractivity contribution is 5.99. The van der Waals surface area contributed by atoms with Gasteiger partial charge in [-0.25, -0.2) is 0 Å². The maximum atomic E-state index is 13.2. The zero-order valence-electron chi connectivity index (χ0n) is 19.2. The van der Waals surface area contributed by atoms with Crippen LogP contribution in [0.1, 0.15) is 30.0 Å². The first-order valence-electron chi connectivity index (χ1n) is 11.8. The Labute approximate surface area is 190 Å². The number of H-pyrrole nitrogens is 1. The summed E-state index contributed by atoms with van der Waals surface area (Å²) in [5.74, 6) is 0.590. The van der Waals surface area contributed by atoms with E-state index in [0.717, 1.165) is 52.1 Å². The van der Waals surface area contributed by atoms with Crippen LogP contribution in [-0.2, 0) is 4.79 Å². The van der Waals surface area contributed by atoms with Crippen molar-refractivity contribution in [2.24, 2.45) is 0 Å². The normalized spacial score (nSPS) is 20.7. The molecular weight excluding hydrogens is 398 g/mol. The highest BCUT2D eigenvalue weighted by atomic mass is 16.2. The van der Waals surface area contributed by atoms with E-state index in [1.54, 1.807) is 0 Å². The van der Waals surface area contributed by atoms with Gasteiger partial charge in [0.1, 0.15) is 0 Å². The molecule has 2 aliphatic heterocycles. The Balaban J connectivity index is 1.41. The summed E-state index contributed by atoms with van der Waals surface area (Å²) in [6.07, 6.45) is 5.87. The van der Waals surface area contributed by atoms with Crippen molar-refractivity contribution in [1.82, 2.24) is 24.7 Å². The summed E-state index contributed by atoms with van der Waals surface area (Å²) in [6.45, 7) is 8.40. The van der Waals surface area contributed by atoms with Crippen molar-refractivity contribution < 1.29 is 4.79 Å². The third kappa shape index (κ3) is 4.17. The van der Waals surface area contributed by atoms with Gasteiger partial charge in [0.05, 0.1) is 6.54 Å². The Hall–Kier alpha value is -2.70. The molecule has 2 saturated heterocycles. The number of piperidine rings is 1. The number of pyridine rings is 1. The summed E-state index contributed by atoms with van der Waals surface area (Å²) in [4.78, 5) is 27.9. The molecule has 2 aromatic heterocycles. The summed E-state index contributed by atoms with van der Waals surface area (Å²) in [6, 6.07) is 10.7. The first kappa shape index (κ1) is 21.2. The van der Waals surface area contributed by atoms with Crippen LogP contribution in [0.15, 0.2) is 42.7 Å². The lowest BCUT2D eigenvalue weighted by Crippen LogP contribution is -2.50. The van der Waals surface area contributed by atoms with Crippen LogP contribution >= 0.6 is 0 Å². The lowest BCUT2D eigenvalue weighted by Gasteiger charge is -2.36. The van der Waals surface area contributed by atoms with E-state index in [2.05, 4.69) is 69.0 Å². The quantitative estimate of drug-likeness (QED) is 0.687. The van der Waals surface area contributed by atoms with Gasteiger partial charge in [0.15, 0.2) is 0 Å². The van der Waals surface area contributed by atoms with Gasteiger partial charge in [0.25, 0.3) is 0 Å². The molecule has 6 heteroatoms. The number of rotatable bonds is 4. The molecule has 1 atom stereocenters. The van der Waals surface area contributed by atoms with Gasteiger partial charge in [0, 0.05) is 79.7 Å². The number of carbonyl (C=O) groups excluding carboxylic acids is 1. The number of likely N-dealkylation sites (tertiary alicyclic amines) is 1. The number of hydrogen-bond donors (Lipinski definition) is 1. The second-order valence-corrected chi connectivity index (χ2v) is 9.41. The van der Waals surface area contributed by atoms with E-state index in [9.17, 15) is 4.79 Å². The van der Waals surface area contributed by atoms with Crippen molar-refractivity contribution in [3.63, 3.8) is 0 Å². The van der Waals surface area contributed by atoms with E-state index in [4.69, 9.17) is 0 Å². The summed E-state index contributed by atoms with van der Waals surface area (Å²) in [5.41, 5.74) is 6.17. The molecule has 2 aliphatic rings. The van der Waals surface area contributed by atoms with Crippen LogP contribution in [0.4, 0.5) is 0 Å². The van der Waals surface area contributed by atoms with Crippen LogP contribution in [0.2, 0.25) is 0 Å². The van der Waals surface area contributed by atoms with Crippen molar-refractivity contribution in [3.8, 4) is 11.1 Å². The number of piperazine rings is 1. The number of carbonyl (C=O) groups is 1. The molecule has 0 bridgehead atoms. The average Bonchev–Trinajstić information content (AvgIpc) is 3.22. The number of benzene rings is 1. The number of nitrogens with zero attached hydrogens (tertiary/aromatic N) is 4. The molecule has 1 amide bonds. The highest BCUT2D eigenvalue weighted by Crippen LogP contribution is 2.40. The Morgan fingerprint density at radius 1 is 1.09 bits per heavy atom. The zero-order chi connectivity index (χ0) is 22.1. The van der Waals surface area contributed by atoms with E-state index in [1.807, 2.05) is 12.4 Å². The number of fused-ring (bicyclic) bond motifs is 1. The molecule has 32 heavy (non-hydrogen) atoms. The van der Waals surface area contributed by atoms with Gasteiger partial charge in [-0.15, -0.1) is 0 Å². The van der Waals surface area contributed by atoms with Crippen molar-refractivity contribution in [3.05, 3.63) is 54.0 Å². The lowest BCUT2D eigenvalue weighted by atomic mass is 9.89. The minimum absolute atomic E-state index is 0.275. The predicted octanol–water partition coefficient (Wildman–Crippen LogP) is 3.49. The van der Waals surface area contributed by atoms with E-state index in [0.29, 0.717) is 12.5 Å². The molecule has 0 spiro atoms. The summed E-state index contributed by atoms with van der Waals surface area (Å²) < 4.78 is 0. The fourth-order valence-corrected chi connectivity index (χ4v) is 5.26. The number of nitrogens with one attached hydrogen (secondary N) is 1. The number of likely N-dealkylation sites (N-methyl/N-ethyl adjacent to an activating group) is 1. The molecule has 1 aromatic carbocycles. The minimum atomic E-state index is 0.275. The number of para-hydroxylation sites is 1. The second kappa shape index (κ2) is 9.04. The van der Waals surface area contributed by atoms with Crippen molar-refractivity contribution >= 4 is 16.8 Å². The van der Waals surface area contributed by atoms with Crippen LogP contribution in [0.5, 0.6) is 0 Å². The minimum Gasteiger partial charge on any atom is -0.357 e. The zero-order valence-corrected chi connectivity index (χ0v) is 19.2. The molecule has 0 aliphatic carbocycles. The van der Waals surface area contributed by atoms with Gasteiger partial charge in [-0.1, -0.05) is 18.2 Å². The topological polar surface area (TPSA) is 55.5 Å². The summed E-state index contributed by atoms with van der Waals surface area (Å²) >= 11 is 0. The van der Waals surface area contributed by atoms with Crippen molar-refractivity contribution in [1.29, 1.82) is 0 Å².